The minimum Gasteiger partial charge on any atom is -0.497 e. The number of nitrogens with one attached hydrogen (secondary N) is 1. The topological polar surface area (TPSA) is 103 Å². The number of hydrogen-bond donors (Lipinski definition) is 2. The number of furan rings is 1. The van der Waals surface area contributed by atoms with Crippen molar-refractivity contribution in [3.8, 4) is 5.75 Å². The number of carbonyl (C=O) groups is 2. The number of hydrogen-bond acceptors (Lipinski definition) is 5. The first-order chi connectivity index (χ1) is 14.5. The molecule has 2 aromatic rings. The number of ether oxygens (including phenoxy) is 1. The third-order valence-corrected chi connectivity index (χ3v) is 5.88. The third-order valence-electron chi connectivity index (χ3n) is 5.88. The van der Waals surface area contributed by atoms with Gasteiger partial charge in [-0.3, -0.25) is 9.59 Å². The van der Waals surface area contributed by atoms with Gasteiger partial charge in [-0.25, -0.2) is 5.01 Å². The number of benzene rings is 1. The van der Waals surface area contributed by atoms with Crippen molar-refractivity contribution >= 4 is 17.5 Å². The fraction of sp³-hybridized carbons (Fsp3) is 0.409. The summed E-state index contributed by atoms with van der Waals surface area (Å²) in [7, 11) is 1.63. The Balaban J connectivity index is 1.53. The Morgan fingerprint density at radius 2 is 2.10 bits per heavy atom. The smallest absolute Gasteiger partial charge is 0.298 e. The van der Waals surface area contributed by atoms with Crippen molar-refractivity contribution in [1.82, 2.24) is 5.01 Å². The van der Waals surface area contributed by atoms with Crippen LogP contribution in [0.2, 0.25) is 0 Å². The molecule has 1 unspecified atom stereocenters. The van der Waals surface area contributed by atoms with Crippen LogP contribution in [0, 0.1) is 5.92 Å². The first-order valence-corrected chi connectivity index (χ1v) is 10.3. The van der Waals surface area contributed by atoms with Crippen molar-refractivity contribution in [3.63, 3.8) is 0 Å². The Bertz CT molecular complexity index is 923. The lowest BCUT2D eigenvalue weighted by molar-refractivity contribution is -0.899. The normalized spacial score (nSPS) is 23.8. The van der Waals surface area contributed by atoms with Gasteiger partial charge in [-0.15, -0.1) is 0 Å². The summed E-state index contributed by atoms with van der Waals surface area (Å²) in [4.78, 5) is 25.8. The average Bonchev–Trinajstić information content (AvgIpc) is 3.44. The molecule has 0 spiro atoms. The van der Waals surface area contributed by atoms with Crippen molar-refractivity contribution in [3.05, 3.63) is 54.0 Å². The van der Waals surface area contributed by atoms with E-state index in [2.05, 4.69) is 5.10 Å². The van der Waals surface area contributed by atoms with Gasteiger partial charge in [0.1, 0.15) is 17.6 Å². The lowest BCUT2D eigenvalue weighted by atomic mass is 9.97. The molecule has 30 heavy (non-hydrogen) atoms. The molecule has 3 heterocycles. The maximum Gasteiger partial charge on any atom is 0.298 e. The minimum atomic E-state index is -0.283. The summed E-state index contributed by atoms with van der Waals surface area (Å²) in [6.45, 7) is 1.72. The number of methoxy groups -OCH3 is 1. The van der Waals surface area contributed by atoms with Gasteiger partial charge in [-0.2, -0.15) is 5.10 Å². The molecule has 8 nitrogen and oxygen atoms in total. The van der Waals surface area contributed by atoms with Gasteiger partial charge in [0.05, 0.1) is 38.1 Å². The van der Waals surface area contributed by atoms with Crippen molar-refractivity contribution in [2.45, 2.75) is 25.3 Å². The molecule has 1 fully saturated rings. The van der Waals surface area contributed by atoms with Crippen molar-refractivity contribution in [2.24, 2.45) is 16.8 Å². The third kappa shape index (κ3) is 4.23. The SMILES string of the molecule is COc1ccc(C2=NN(C(=O)C[NH+]3CCC[C@H](C(N)=O)C3)[C@H](c3ccco3)C2)cc1. The van der Waals surface area contributed by atoms with E-state index in [0.717, 1.165) is 41.3 Å². The van der Waals surface area contributed by atoms with Crippen LogP contribution in [0.1, 0.15) is 36.6 Å². The summed E-state index contributed by atoms with van der Waals surface area (Å²) in [6.07, 6.45) is 3.87. The van der Waals surface area contributed by atoms with E-state index in [1.165, 1.54) is 0 Å². The van der Waals surface area contributed by atoms with Crippen molar-refractivity contribution < 1.29 is 23.6 Å². The van der Waals surface area contributed by atoms with E-state index in [0.29, 0.717) is 18.7 Å². The highest BCUT2D eigenvalue weighted by Crippen LogP contribution is 2.33. The summed E-state index contributed by atoms with van der Waals surface area (Å²) < 4.78 is 10.8. The number of rotatable bonds is 6. The van der Waals surface area contributed by atoms with Crippen LogP contribution in [0.3, 0.4) is 0 Å². The summed E-state index contributed by atoms with van der Waals surface area (Å²) in [6, 6.07) is 11.1. The summed E-state index contributed by atoms with van der Waals surface area (Å²) >= 11 is 0. The maximum absolute atomic E-state index is 13.2. The van der Waals surface area contributed by atoms with Gasteiger partial charge in [-0.1, -0.05) is 0 Å². The number of primary amides is 1. The minimum absolute atomic E-state index is 0.0833. The lowest BCUT2D eigenvalue weighted by Gasteiger charge is -2.29. The van der Waals surface area contributed by atoms with Gasteiger partial charge in [-0.05, 0) is 54.8 Å². The number of hydrazone groups is 1. The Hall–Kier alpha value is -3.13. The van der Waals surface area contributed by atoms with Crippen LogP contribution in [-0.4, -0.2) is 49.3 Å². The number of amides is 2. The Morgan fingerprint density at radius 3 is 2.77 bits per heavy atom. The van der Waals surface area contributed by atoms with Crippen molar-refractivity contribution in [2.75, 3.05) is 26.7 Å². The number of carbonyl (C=O) groups excluding carboxylic acids is 2. The molecule has 158 valence electrons. The van der Waals surface area contributed by atoms with Gasteiger partial charge in [0, 0.05) is 6.42 Å². The molecular formula is C22H27N4O4+. The second kappa shape index (κ2) is 8.71. The van der Waals surface area contributed by atoms with Gasteiger partial charge < -0.3 is 19.8 Å². The number of nitrogens with two attached hydrogens (primary N) is 1. The fourth-order valence-corrected chi connectivity index (χ4v) is 4.25. The van der Waals surface area contributed by atoms with Gasteiger partial charge >= 0.3 is 0 Å². The number of likely N-dealkylation sites (tertiary alicyclic amines) is 1. The van der Waals surface area contributed by atoms with Gasteiger partial charge in [0.25, 0.3) is 5.91 Å². The van der Waals surface area contributed by atoms with Gasteiger partial charge in [0.2, 0.25) is 5.91 Å². The van der Waals surface area contributed by atoms with Crippen LogP contribution in [0.4, 0.5) is 0 Å². The molecule has 0 aliphatic carbocycles. The number of nitrogens with zero attached hydrogens (tertiary/aromatic N) is 2. The van der Waals surface area contributed by atoms with E-state index in [-0.39, 0.29) is 30.3 Å². The molecule has 3 N–H and O–H groups in total. The second-order valence-corrected chi connectivity index (χ2v) is 7.87. The number of quaternary nitrogens is 1. The molecule has 1 aromatic carbocycles. The van der Waals surface area contributed by atoms with E-state index in [1.54, 1.807) is 18.4 Å². The predicted molar refractivity (Wildman–Crippen MR) is 110 cm³/mol. The summed E-state index contributed by atoms with van der Waals surface area (Å²) in [5.74, 6) is 0.943. The Morgan fingerprint density at radius 1 is 1.30 bits per heavy atom. The maximum atomic E-state index is 13.2. The molecule has 0 saturated carbocycles. The van der Waals surface area contributed by atoms with Crippen LogP contribution >= 0.6 is 0 Å². The molecule has 1 saturated heterocycles. The van der Waals surface area contributed by atoms with Crippen molar-refractivity contribution in [1.29, 1.82) is 0 Å². The first-order valence-electron chi connectivity index (χ1n) is 10.3. The molecule has 1 aromatic heterocycles. The molecule has 0 radical (unpaired) electrons. The van der Waals surface area contributed by atoms with Crippen LogP contribution < -0.4 is 15.4 Å². The number of piperidine rings is 1. The molecule has 8 heteroatoms. The fourth-order valence-electron chi connectivity index (χ4n) is 4.25. The van der Waals surface area contributed by atoms with Crippen LogP contribution in [0.5, 0.6) is 5.75 Å². The highest BCUT2D eigenvalue weighted by molar-refractivity contribution is 6.03. The van der Waals surface area contributed by atoms with E-state index < -0.39 is 0 Å². The van der Waals surface area contributed by atoms with E-state index >= 15 is 0 Å². The zero-order valence-electron chi connectivity index (χ0n) is 17.0. The monoisotopic (exact) mass is 411 g/mol. The highest BCUT2D eigenvalue weighted by atomic mass is 16.5. The Labute approximate surface area is 175 Å². The Kier molecular flexibility index (Phi) is 5.85. The largest absolute Gasteiger partial charge is 0.497 e. The van der Waals surface area contributed by atoms with Crippen LogP contribution in [0.15, 0.2) is 52.2 Å². The molecule has 2 aliphatic heterocycles. The van der Waals surface area contributed by atoms with Crippen LogP contribution in [-0.2, 0) is 9.59 Å². The molecular weight excluding hydrogens is 384 g/mol. The zero-order valence-corrected chi connectivity index (χ0v) is 17.0. The molecule has 0 bridgehead atoms. The molecule has 3 atom stereocenters. The second-order valence-electron chi connectivity index (χ2n) is 7.87. The van der Waals surface area contributed by atoms with E-state index in [1.807, 2.05) is 36.4 Å². The average molecular weight is 411 g/mol. The highest BCUT2D eigenvalue weighted by Gasteiger charge is 2.37. The lowest BCUT2D eigenvalue weighted by Crippen LogP contribution is -3.14. The standard InChI is InChI=1S/C22H26N4O4/c1-29-17-8-6-15(7-9-17)18-12-19(20-5-3-11-30-20)26(24-18)21(27)14-25-10-2-4-16(13-25)22(23)28/h3,5-9,11,16,19H,2,4,10,12-14H2,1H3,(H2,23,28)/p+1/t16-,19-/m0/s1. The molecule has 2 amide bonds. The summed E-state index contributed by atoms with van der Waals surface area (Å²) in [5, 5.41) is 6.21. The summed E-state index contributed by atoms with van der Waals surface area (Å²) in [5.41, 5.74) is 7.26. The van der Waals surface area contributed by atoms with E-state index in [9.17, 15) is 9.59 Å². The first kappa shape index (κ1) is 20.2. The predicted octanol–water partition coefficient (Wildman–Crippen LogP) is 0.746. The van der Waals surface area contributed by atoms with Gasteiger partial charge in [0.15, 0.2) is 6.54 Å². The zero-order chi connectivity index (χ0) is 21.1. The molecule has 4 rings (SSSR count). The van der Waals surface area contributed by atoms with Crippen LogP contribution in [0.25, 0.3) is 0 Å². The molecule has 2 aliphatic rings. The van der Waals surface area contributed by atoms with E-state index in [4.69, 9.17) is 14.9 Å². The quantitative estimate of drug-likeness (QED) is 0.732.